The van der Waals surface area contributed by atoms with Gasteiger partial charge in [0.1, 0.15) is 11.3 Å². The lowest BCUT2D eigenvalue weighted by Crippen LogP contribution is -2.42. The maximum Gasteiger partial charge on any atom is 0.328 e. The first-order chi connectivity index (χ1) is 13.5. The van der Waals surface area contributed by atoms with E-state index >= 15 is 0 Å². The lowest BCUT2D eigenvalue weighted by atomic mass is 10.1. The molecule has 0 radical (unpaired) electrons. The van der Waals surface area contributed by atoms with Crippen molar-refractivity contribution in [3.63, 3.8) is 0 Å². The van der Waals surface area contributed by atoms with Gasteiger partial charge >= 0.3 is 5.69 Å². The van der Waals surface area contributed by atoms with E-state index in [0.717, 1.165) is 28.7 Å². The molecule has 1 N–H and O–H groups in total. The first-order valence-corrected chi connectivity index (χ1v) is 9.24. The maximum absolute atomic E-state index is 13.2. The summed E-state index contributed by atoms with van der Waals surface area (Å²) in [5.41, 5.74) is 0.432. The number of nitrogens with one attached hydrogen (secondary N) is 1. The Bertz CT molecular complexity index is 1060. The number of carbonyl (C=O) groups excluding carboxylic acids is 1. The number of benzene rings is 1. The minimum absolute atomic E-state index is 0.0400. The molecule has 0 saturated heterocycles. The van der Waals surface area contributed by atoms with Gasteiger partial charge in [0.05, 0.1) is 12.8 Å². The molecular formula is C21H23N3O4. The van der Waals surface area contributed by atoms with Crippen LogP contribution in [0.3, 0.4) is 0 Å². The lowest BCUT2D eigenvalue weighted by Gasteiger charge is -2.23. The number of aromatic amines is 1. The molecule has 0 aliphatic rings. The van der Waals surface area contributed by atoms with E-state index in [0.29, 0.717) is 12.3 Å². The number of anilines is 1. The zero-order chi connectivity index (χ0) is 20.1. The van der Waals surface area contributed by atoms with E-state index in [2.05, 4.69) is 4.98 Å². The first-order valence-electron chi connectivity index (χ1n) is 9.24. The van der Waals surface area contributed by atoms with Crippen molar-refractivity contribution in [2.24, 2.45) is 0 Å². The monoisotopic (exact) mass is 381 g/mol. The average molecular weight is 381 g/mol. The third kappa shape index (κ3) is 4.14. The molecule has 28 heavy (non-hydrogen) atoms. The van der Waals surface area contributed by atoms with Crippen LogP contribution in [0, 0.1) is 6.92 Å². The predicted molar refractivity (Wildman–Crippen MR) is 107 cm³/mol. The number of hydrogen-bond acceptors (Lipinski definition) is 4. The highest BCUT2D eigenvalue weighted by atomic mass is 16.3. The van der Waals surface area contributed by atoms with Crippen LogP contribution in [-0.2, 0) is 6.54 Å². The molecule has 0 aliphatic carbocycles. The van der Waals surface area contributed by atoms with Gasteiger partial charge in [-0.1, -0.05) is 25.5 Å². The molecule has 7 nitrogen and oxygen atoms in total. The highest BCUT2D eigenvalue weighted by Gasteiger charge is 2.22. The summed E-state index contributed by atoms with van der Waals surface area (Å²) in [4.78, 5) is 42.3. The van der Waals surface area contributed by atoms with Crippen LogP contribution >= 0.6 is 0 Å². The van der Waals surface area contributed by atoms with Crippen molar-refractivity contribution < 1.29 is 9.21 Å². The number of hydrogen-bond donors (Lipinski definition) is 1. The molecule has 0 atom stereocenters. The SMILES string of the molecule is CCCCN(C(=O)c1c[nH]c(=O)n(Cc2ccco2)c1=O)c1cccc(C)c1. The van der Waals surface area contributed by atoms with Gasteiger partial charge in [-0.05, 0) is 43.2 Å². The molecule has 0 fully saturated rings. The fourth-order valence-corrected chi connectivity index (χ4v) is 2.97. The molecule has 0 unspecified atom stereocenters. The number of aryl methyl sites for hydroxylation is 1. The van der Waals surface area contributed by atoms with Gasteiger partial charge < -0.3 is 14.3 Å². The summed E-state index contributed by atoms with van der Waals surface area (Å²) < 4.78 is 6.20. The van der Waals surface area contributed by atoms with Gasteiger partial charge in [0.2, 0.25) is 0 Å². The van der Waals surface area contributed by atoms with E-state index in [1.165, 1.54) is 12.5 Å². The van der Waals surface area contributed by atoms with Gasteiger partial charge in [0.25, 0.3) is 11.5 Å². The molecule has 2 heterocycles. The molecule has 1 aromatic carbocycles. The first kappa shape index (κ1) is 19.4. The van der Waals surface area contributed by atoms with Crippen LogP contribution in [0.1, 0.15) is 41.4 Å². The largest absolute Gasteiger partial charge is 0.467 e. The fraction of sp³-hybridized carbons (Fsp3) is 0.286. The molecule has 3 aromatic rings. The number of rotatable bonds is 7. The van der Waals surface area contributed by atoms with Crippen molar-refractivity contribution in [1.29, 1.82) is 0 Å². The Hall–Kier alpha value is -3.35. The highest BCUT2D eigenvalue weighted by Crippen LogP contribution is 2.18. The minimum Gasteiger partial charge on any atom is -0.467 e. The summed E-state index contributed by atoms with van der Waals surface area (Å²) in [6, 6.07) is 10.9. The van der Waals surface area contributed by atoms with Gasteiger partial charge in [-0.2, -0.15) is 0 Å². The normalized spacial score (nSPS) is 10.8. The smallest absolute Gasteiger partial charge is 0.328 e. The van der Waals surface area contributed by atoms with E-state index in [1.807, 2.05) is 38.1 Å². The van der Waals surface area contributed by atoms with E-state index in [4.69, 9.17) is 4.42 Å². The molecule has 146 valence electrons. The second-order valence-electron chi connectivity index (χ2n) is 6.63. The Balaban J connectivity index is 2.01. The molecule has 3 rings (SSSR count). The van der Waals surface area contributed by atoms with Gasteiger partial charge in [0, 0.05) is 18.4 Å². The van der Waals surface area contributed by atoms with Crippen LogP contribution in [0.2, 0.25) is 0 Å². The topological polar surface area (TPSA) is 88.3 Å². The van der Waals surface area contributed by atoms with Crippen molar-refractivity contribution in [2.75, 3.05) is 11.4 Å². The zero-order valence-electron chi connectivity index (χ0n) is 16.0. The Morgan fingerprint density at radius 3 is 2.71 bits per heavy atom. The Labute approximate surface area is 162 Å². The fourth-order valence-electron chi connectivity index (χ4n) is 2.97. The van der Waals surface area contributed by atoms with Crippen molar-refractivity contribution in [1.82, 2.24) is 9.55 Å². The van der Waals surface area contributed by atoms with E-state index < -0.39 is 17.2 Å². The molecular weight excluding hydrogens is 358 g/mol. The van der Waals surface area contributed by atoms with Crippen LogP contribution in [0.15, 0.2) is 62.9 Å². The molecule has 0 saturated carbocycles. The van der Waals surface area contributed by atoms with Gasteiger partial charge in [-0.25, -0.2) is 4.79 Å². The summed E-state index contributed by atoms with van der Waals surface area (Å²) in [5.74, 6) is 0.0206. The minimum atomic E-state index is -0.640. The summed E-state index contributed by atoms with van der Waals surface area (Å²) >= 11 is 0. The van der Waals surface area contributed by atoms with Crippen molar-refractivity contribution >= 4 is 11.6 Å². The second kappa shape index (κ2) is 8.56. The lowest BCUT2D eigenvalue weighted by molar-refractivity contribution is 0.0984. The van der Waals surface area contributed by atoms with Gasteiger partial charge in [-0.3, -0.25) is 14.2 Å². The number of nitrogens with zero attached hydrogens (tertiary/aromatic N) is 2. The summed E-state index contributed by atoms with van der Waals surface area (Å²) in [6.45, 7) is 4.43. The van der Waals surface area contributed by atoms with Crippen LogP contribution in [0.4, 0.5) is 5.69 Å². The second-order valence-corrected chi connectivity index (χ2v) is 6.63. The molecule has 2 aromatic heterocycles. The average Bonchev–Trinajstić information content (AvgIpc) is 3.18. The van der Waals surface area contributed by atoms with Crippen molar-refractivity contribution in [3.05, 3.63) is 86.6 Å². The summed E-state index contributed by atoms with van der Waals surface area (Å²) in [7, 11) is 0. The van der Waals surface area contributed by atoms with Gasteiger partial charge in [0.15, 0.2) is 0 Å². The molecule has 7 heteroatoms. The quantitative estimate of drug-likeness (QED) is 0.681. The number of amides is 1. The van der Waals surface area contributed by atoms with Crippen molar-refractivity contribution in [2.45, 2.75) is 33.2 Å². The Morgan fingerprint density at radius 2 is 2.04 bits per heavy atom. The van der Waals surface area contributed by atoms with Crippen LogP contribution in [0.25, 0.3) is 0 Å². The highest BCUT2D eigenvalue weighted by molar-refractivity contribution is 6.05. The molecule has 0 bridgehead atoms. The maximum atomic E-state index is 13.2. The Kier molecular flexibility index (Phi) is 5.93. The summed E-state index contributed by atoms with van der Waals surface area (Å²) in [6.07, 6.45) is 4.36. The van der Waals surface area contributed by atoms with Crippen molar-refractivity contribution in [3.8, 4) is 0 Å². The Morgan fingerprint density at radius 1 is 1.21 bits per heavy atom. The number of aromatic nitrogens is 2. The molecule has 0 spiro atoms. The number of H-pyrrole nitrogens is 1. The van der Waals surface area contributed by atoms with Crippen LogP contribution in [-0.4, -0.2) is 22.0 Å². The van der Waals surface area contributed by atoms with E-state index in [1.54, 1.807) is 17.0 Å². The third-order valence-corrected chi connectivity index (χ3v) is 4.48. The predicted octanol–water partition coefficient (Wildman–Crippen LogP) is 2.93. The zero-order valence-corrected chi connectivity index (χ0v) is 16.0. The van der Waals surface area contributed by atoms with E-state index in [9.17, 15) is 14.4 Å². The number of furan rings is 1. The third-order valence-electron chi connectivity index (χ3n) is 4.48. The van der Waals surface area contributed by atoms with Gasteiger partial charge in [-0.15, -0.1) is 0 Å². The summed E-state index contributed by atoms with van der Waals surface area (Å²) in [5, 5.41) is 0. The molecule has 1 amide bonds. The number of carbonyl (C=O) groups is 1. The van der Waals surface area contributed by atoms with Crippen LogP contribution in [0.5, 0.6) is 0 Å². The molecule has 0 aliphatic heterocycles. The van der Waals surface area contributed by atoms with E-state index in [-0.39, 0.29) is 12.1 Å². The van der Waals surface area contributed by atoms with Crippen LogP contribution < -0.4 is 16.1 Å². The standard InChI is InChI=1S/C21H23N3O4/c1-3-4-10-23(16-8-5-7-15(2)12-16)19(25)18-13-22-21(27)24(20(18)26)14-17-9-6-11-28-17/h5-9,11-13H,3-4,10,14H2,1-2H3,(H,22,27). The number of unbranched alkanes of at least 4 members (excludes halogenated alkanes) is 1.